The van der Waals surface area contributed by atoms with Gasteiger partial charge >= 0.3 is 0 Å². The van der Waals surface area contributed by atoms with E-state index >= 15 is 0 Å². The van der Waals surface area contributed by atoms with Crippen molar-refractivity contribution in [2.75, 3.05) is 11.5 Å². The number of pyridine rings is 2. The number of nitrogen functional groups attached to an aromatic ring is 2. The van der Waals surface area contributed by atoms with Gasteiger partial charge in [0.05, 0.1) is 12.7 Å². The quantitative estimate of drug-likeness (QED) is 0.267. The van der Waals surface area contributed by atoms with Crippen LogP contribution < -0.4 is 20.9 Å². The first kappa shape index (κ1) is 22.4. The van der Waals surface area contributed by atoms with Crippen LogP contribution in [-0.4, -0.2) is 49.8 Å². The highest BCUT2D eigenvalue weighted by molar-refractivity contribution is 5.77. The number of H-pyrrole nitrogens is 2. The molecule has 0 saturated carbocycles. The highest BCUT2D eigenvalue weighted by Gasteiger charge is 2.10. The van der Waals surface area contributed by atoms with Crippen LogP contribution >= 0.6 is 0 Å². The zero-order valence-electron chi connectivity index (χ0n) is 18.7. The number of nitrogens with zero attached hydrogens (tertiary/aromatic N) is 8. The lowest BCUT2D eigenvalue weighted by Gasteiger charge is -2.06. The van der Waals surface area contributed by atoms with Crippen LogP contribution in [0.3, 0.4) is 0 Å². The van der Waals surface area contributed by atoms with Gasteiger partial charge in [0.25, 0.3) is 0 Å². The molecule has 0 aliphatic carbocycles. The van der Waals surface area contributed by atoms with E-state index in [1.807, 2.05) is 24.3 Å². The maximum absolute atomic E-state index is 5.61. The largest absolute Gasteiger partial charge is 0.471 e. The normalized spacial score (nSPS) is 10.7. The molecule has 0 bridgehead atoms. The van der Waals surface area contributed by atoms with Gasteiger partial charge in [-0.15, -0.1) is 0 Å². The fraction of sp³-hybridized carbons (Fsp3) is 0.0909. The summed E-state index contributed by atoms with van der Waals surface area (Å²) in [5.74, 6) is 1.06. The Hall–Kier alpha value is -5.40. The SMILES string of the molecule is Nc1nc(OCc2cccnc2)c2[nH]cnc2n1.Nc1nc(OCc2ccncc2)c2[nH]cnc2n1. The van der Waals surface area contributed by atoms with Gasteiger partial charge in [-0.05, 0) is 23.8 Å². The van der Waals surface area contributed by atoms with Gasteiger partial charge in [0.2, 0.25) is 23.7 Å². The molecule has 0 radical (unpaired) electrons. The Morgan fingerprint density at radius 2 is 1.25 bits per heavy atom. The number of rotatable bonds is 6. The molecule has 6 heterocycles. The molecule has 0 aliphatic heterocycles. The molecule has 0 unspecified atom stereocenters. The molecule has 0 spiro atoms. The summed E-state index contributed by atoms with van der Waals surface area (Å²) in [4.78, 5) is 37.9. The average Bonchev–Trinajstić information content (AvgIpc) is 3.57. The third kappa shape index (κ3) is 5.22. The summed E-state index contributed by atoms with van der Waals surface area (Å²) >= 11 is 0. The van der Waals surface area contributed by atoms with Crippen molar-refractivity contribution in [3.05, 3.63) is 72.8 Å². The van der Waals surface area contributed by atoms with Crippen molar-refractivity contribution in [2.24, 2.45) is 0 Å². The van der Waals surface area contributed by atoms with Gasteiger partial charge in [0.15, 0.2) is 11.3 Å². The van der Waals surface area contributed by atoms with Crippen LogP contribution in [0.4, 0.5) is 11.9 Å². The molecule has 0 fully saturated rings. The number of aromatic nitrogens is 10. The lowest BCUT2D eigenvalue weighted by Crippen LogP contribution is -2.02. The van der Waals surface area contributed by atoms with E-state index in [9.17, 15) is 0 Å². The Kier molecular flexibility index (Phi) is 6.38. The molecule has 0 saturated heterocycles. The predicted octanol–water partition coefficient (Wildman–Crippen LogP) is 1.82. The van der Waals surface area contributed by atoms with Gasteiger partial charge in [0, 0.05) is 30.4 Å². The Bertz CT molecular complexity index is 1450. The molecule has 0 atom stereocenters. The average molecular weight is 484 g/mol. The highest BCUT2D eigenvalue weighted by atomic mass is 16.5. The van der Waals surface area contributed by atoms with Crippen LogP contribution in [0.2, 0.25) is 0 Å². The molecule has 0 amide bonds. The summed E-state index contributed by atoms with van der Waals surface area (Å²) < 4.78 is 11.2. The van der Waals surface area contributed by atoms with Crippen LogP contribution in [-0.2, 0) is 13.2 Å². The maximum atomic E-state index is 5.61. The number of nitrogens with two attached hydrogens (primary N) is 2. The van der Waals surface area contributed by atoms with Crippen molar-refractivity contribution in [3.8, 4) is 11.8 Å². The molecule has 14 heteroatoms. The van der Waals surface area contributed by atoms with E-state index in [4.69, 9.17) is 20.9 Å². The van der Waals surface area contributed by atoms with E-state index in [1.165, 1.54) is 12.7 Å². The topological polar surface area (TPSA) is 205 Å². The molecule has 6 aromatic rings. The fourth-order valence-corrected chi connectivity index (χ4v) is 3.12. The second-order valence-electron chi connectivity index (χ2n) is 7.27. The molecule has 6 rings (SSSR count). The lowest BCUT2D eigenvalue weighted by molar-refractivity contribution is 0.297. The Labute approximate surface area is 203 Å². The number of ether oxygens (including phenoxy) is 2. The smallest absolute Gasteiger partial charge is 0.245 e. The zero-order valence-corrected chi connectivity index (χ0v) is 18.7. The van der Waals surface area contributed by atoms with Crippen molar-refractivity contribution in [3.63, 3.8) is 0 Å². The third-order valence-corrected chi connectivity index (χ3v) is 4.76. The summed E-state index contributed by atoms with van der Waals surface area (Å²) in [6.07, 6.45) is 9.90. The van der Waals surface area contributed by atoms with E-state index in [-0.39, 0.29) is 11.9 Å². The number of hydrogen-bond donors (Lipinski definition) is 4. The Balaban J connectivity index is 0.000000148. The molecule has 6 aromatic heterocycles. The third-order valence-electron chi connectivity index (χ3n) is 4.76. The highest BCUT2D eigenvalue weighted by Crippen LogP contribution is 2.21. The fourth-order valence-electron chi connectivity index (χ4n) is 3.12. The first-order valence-electron chi connectivity index (χ1n) is 10.6. The maximum Gasteiger partial charge on any atom is 0.245 e. The molecule has 0 aliphatic rings. The van der Waals surface area contributed by atoms with Crippen molar-refractivity contribution >= 4 is 34.2 Å². The molecule has 6 N–H and O–H groups in total. The number of imidazole rings is 2. The minimum atomic E-state index is 0.135. The number of fused-ring (bicyclic) bond motifs is 2. The van der Waals surface area contributed by atoms with Crippen LogP contribution in [0.5, 0.6) is 11.8 Å². The van der Waals surface area contributed by atoms with Crippen LogP contribution in [0, 0.1) is 0 Å². The van der Waals surface area contributed by atoms with Crippen molar-refractivity contribution in [1.82, 2.24) is 49.8 Å². The van der Waals surface area contributed by atoms with E-state index in [0.29, 0.717) is 47.3 Å². The minimum absolute atomic E-state index is 0.135. The van der Waals surface area contributed by atoms with Gasteiger partial charge in [-0.3, -0.25) is 9.97 Å². The Morgan fingerprint density at radius 1 is 0.667 bits per heavy atom. The number of anilines is 2. The molecule has 180 valence electrons. The van der Waals surface area contributed by atoms with Crippen LogP contribution in [0.25, 0.3) is 22.3 Å². The molecule has 14 nitrogen and oxygen atoms in total. The van der Waals surface area contributed by atoms with Crippen molar-refractivity contribution in [2.45, 2.75) is 13.2 Å². The van der Waals surface area contributed by atoms with Gasteiger partial charge in [-0.2, -0.15) is 19.9 Å². The van der Waals surface area contributed by atoms with Crippen LogP contribution in [0.15, 0.2) is 61.7 Å². The van der Waals surface area contributed by atoms with E-state index in [0.717, 1.165) is 11.1 Å². The van der Waals surface area contributed by atoms with Crippen LogP contribution in [0.1, 0.15) is 11.1 Å². The van der Waals surface area contributed by atoms with Crippen molar-refractivity contribution in [1.29, 1.82) is 0 Å². The predicted molar refractivity (Wildman–Crippen MR) is 129 cm³/mol. The van der Waals surface area contributed by atoms with E-state index in [1.54, 1.807) is 24.8 Å². The van der Waals surface area contributed by atoms with Gasteiger partial charge in [-0.1, -0.05) is 6.07 Å². The number of hydrogen-bond acceptors (Lipinski definition) is 12. The zero-order chi connectivity index (χ0) is 24.7. The number of nitrogens with one attached hydrogen (secondary N) is 2. The van der Waals surface area contributed by atoms with E-state index < -0.39 is 0 Å². The molecule has 36 heavy (non-hydrogen) atoms. The first-order chi connectivity index (χ1) is 17.7. The first-order valence-corrected chi connectivity index (χ1v) is 10.6. The van der Waals surface area contributed by atoms with E-state index in [2.05, 4.69) is 49.8 Å². The Morgan fingerprint density at radius 3 is 1.81 bits per heavy atom. The second kappa shape index (κ2) is 10.3. The summed E-state index contributed by atoms with van der Waals surface area (Å²) in [6.45, 7) is 0.742. The second-order valence-corrected chi connectivity index (χ2v) is 7.27. The van der Waals surface area contributed by atoms with Gasteiger partial charge < -0.3 is 30.9 Å². The molecule has 0 aromatic carbocycles. The molecular formula is C22H20N12O2. The summed E-state index contributed by atoms with van der Waals surface area (Å²) in [7, 11) is 0. The standard InChI is InChI=1S/2C11H10N6O/c12-11-16-9-8(14-6-15-9)10(17-11)18-5-7-1-3-13-4-2-7;12-11-16-9-8(14-6-15-9)10(17-11)18-5-7-2-1-3-13-4-7/h2*1-4,6H,5H2,(H3,12,14,15,16,17). The van der Waals surface area contributed by atoms with Gasteiger partial charge in [-0.25, -0.2) is 9.97 Å². The van der Waals surface area contributed by atoms with Gasteiger partial charge in [0.1, 0.15) is 24.2 Å². The number of aromatic amines is 2. The molecular weight excluding hydrogens is 464 g/mol. The van der Waals surface area contributed by atoms with Crippen molar-refractivity contribution < 1.29 is 9.47 Å². The summed E-state index contributed by atoms with van der Waals surface area (Å²) in [6, 6.07) is 7.50. The minimum Gasteiger partial charge on any atom is -0.471 e. The summed E-state index contributed by atoms with van der Waals surface area (Å²) in [5, 5.41) is 0. The lowest BCUT2D eigenvalue weighted by atomic mass is 10.3. The monoisotopic (exact) mass is 484 g/mol. The summed E-state index contributed by atoms with van der Waals surface area (Å²) in [5.41, 5.74) is 15.4.